The van der Waals surface area contributed by atoms with E-state index in [9.17, 15) is 19.5 Å². The molecule has 3 rings (SSSR count). The molecule has 8 nitrogen and oxygen atoms in total. The zero-order chi connectivity index (χ0) is 21.5. The molecule has 2 aliphatic rings. The SMILES string of the molecule is O=C(CC(CN1CCN(CC(=O)N2CCCC2)CC1)C(=O)O)Nc1ccc(Cl)cc1. The number of benzene rings is 1. The number of rotatable bonds is 8. The molecule has 0 aromatic heterocycles. The van der Waals surface area contributed by atoms with E-state index in [1.807, 2.05) is 4.90 Å². The van der Waals surface area contributed by atoms with Gasteiger partial charge in [0.1, 0.15) is 0 Å². The van der Waals surface area contributed by atoms with E-state index < -0.39 is 11.9 Å². The summed E-state index contributed by atoms with van der Waals surface area (Å²) in [6, 6.07) is 6.69. The van der Waals surface area contributed by atoms with Crippen LogP contribution in [0.5, 0.6) is 0 Å². The summed E-state index contributed by atoms with van der Waals surface area (Å²) >= 11 is 5.83. The standard InChI is InChI=1S/C21H29ClN4O4/c22-17-3-5-18(6-4-17)23-19(27)13-16(21(29)30)14-24-9-11-25(12-10-24)15-20(28)26-7-1-2-8-26/h3-6,16H,1-2,7-15H2,(H,23,27)(H,29,30). The molecule has 2 amide bonds. The van der Waals surface area contributed by atoms with Crippen LogP contribution < -0.4 is 5.32 Å². The summed E-state index contributed by atoms with van der Waals surface area (Å²) in [5, 5.41) is 12.8. The molecule has 1 aromatic rings. The lowest BCUT2D eigenvalue weighted by Crippen LogP contribution is -2.51. The molecule has 2 N–H and O–H groups in total. The number of carbonyl (C=O) groups excluding carboxylic acids is 2. The van der Waals surface area contributed by atoms with Crippen LogP contribution in [0, 0.1) is 5.92 Å². The molecule has 2 aliphatic heterocycles. The fourth-order valence-corrected chi connectivity index (χ4v) is 4.02. The van der Waals surface area contributed by atoms with E-state index in [4.69, 9.17) is 11.6 Å². The van der Waals surface area contributed by atoms with E-state index in [-0.39, 0.29) is 18.2 Å². The van der Waals surface area contributed by atoms with E-state index >= 15 is 0 Å². The number of carboxylic acids is 1. The van der Waals surface area contributed by atoms with Gasteiger partial charge >= 0.3 is 5.97 Å². The van der Waals surface area contributed by atoms with Crippen LogP contribution in [-0.4, -0.2) is 89.9 Å². The highest BCUT2D eigenvalue weighted by Crippen LogP contribution is 2.16. The Kier molecular flexibility index (Phi) is 8.07. The van der Waals surface area contributed by atoms with Crippen LogP contribution >= 0.6 is 11.6 Å². The van der Waals surface area contributed by atoms with Gasteiger partial charge in [-0.1, -0.05) is 11.6 Å². The maximum Gasteiger partial charge on any atom is 0.308 e. The summed E-state index contributed by atoms with van der Waals surface area (Å²) in [4.78, 5) is 42.4. The van der Waals surface area contributed by atoms with Crippen molar-refractivity contribution in [2.24, 2.45) is 5.92 Å². The third-order valence-electron chi connectivity index (χ3n) is 5.67. The van der Waals surface area contributed by atoms with Crippen LogP contribution in [0.3, 0.4) is 0 Å². The first-order valence-electron chi connectivity index (χ1n) is 10.4. The van der Waals surface area contributed by atoms with Crippen molar-refractivity contribution in [2.45, 2.75) is 19.3 Å². The molecule has 0 radical (unpaired) electrons. The van der Waals surface area contributed by atoms with Crippen LogP contribution in [0.2, 0.25) is 5.02 Å². The Morgan fingerprint density at radius 3 is 2.17 bits per heavy atom. The summed E-state index contributed by atoms with van der Waals surface area (Å²) in [6.45, 7) is 5.29. The largest absolute Gasteiger partial charge is 0.481 e. The highest BCUT2D eigenvalue weighted by molar-refractivity contribution is 6.30. The van der Waals surface area contributed by atoms with Gasteiger partial charge in [-0.2, -0.15) is 0 Å². The van der Waals surface area contributed by atoms with Gasteiger partial charge in [0.15, 0.2) is 0 Å². The quantitative estimate of drug-likeness (QED) is 0.643. The van der Waals surface area contributed by atoms with Gasteiger partial charge in [-0.25, -0.2) is 0 Å². The minimum atomic E-state index is -0.979. The third-order valence-corrected chi connectivity index (χ3v) is 5.92. The normalized spacial score (nSPS) is 18.9. The zero-order valence-electron chi connectivity index (χ0n) is 17.1. The van der Waals surface area contributed by atoms with Crippen molar-refractivity contribution in [2.75, 3.05) is 57.7 Å². The molecule has 164 valence electrons. The van der Waals surface area contributed by atoms with Gasteiger partial charge in [0.05, 0.1) is 12.5 Å². The molecule has 0 spiro atoms. The summed E-state index contributed by atoms with van der Waals surface area (Å²) < 4.78 is 0. The second-order valence-electron chi connectivity index (χ2n) is 7.96. The van der Waals surface area contributed by atoms with E-state index in [0.29, 0.717) is 36.9 Å². The van der Waals surface area contributed by atoms with Gasteiger partial charge in [0, 0.05) is 62.9 Å². The van der Waals surface area contributed by atoms with Crippen LogP contribution in [0.25, 0.3) is 0 Å². The highest BCUT2D eigenvalue weighted by atomic mass is 35.5. The Morgan fingerprint density at radius 2 is 1.57 bits per heavy atom. The average molecular weight is 437 g/mol. The molecule has 9 heteroatoms. The number of anilines is 1. The number of halogens is 1. The van der Waals surface area contributed by atoms with Gasteiger partial charge < -0.3 is 15.3 Å². The van der Waals surface area contributed by atoms with Gasteiger partial charge in [0.2, 0.25) is 11.8 Å². The van der Waals surface area contributed by atoms with E-state index in [2.05, 4.69) is 15.1 Å². The van der Waals surface area contributed by atoms with Crippen molar-refractivity contribution in [3.63, 3.8) is 0 Å². The summed E-state index contributed by atoms with van der Waals surface area (Å²) in [7, 11) is 0. The Balaban J connectivity index is 1.43. The second-order valence-corrected chi connectivity index (χ2v) is 8.40. The maximum absolute atomic E-state index is 12.3. The van der Waals surface area contributed by atoms with Crippen molar-refractivity contribution in [3.8, 4) is 0 Å². The third kappa shape index (κ3) is 6.68. The molecular formula is C21H29ClN4O4. The van der Waals surface area contributed by atoms with Gasteiger partial charge in [-0.15, -0.1) is 0 Å². The van der Waals surface area contributed by atoms with Gasteiger partial charge in [-0.3, -0.25) is 24.2 Å². The minimum Gasteiger partial charge on any atom is -0.481 e. The number of nitrogens with one attached hydrogen (secondary N) is 1. The average Bonchev–Trinajstić information content (AvgIpc) is 3.25. The molecule has 0 saturated carbocycles. The number of hydrogen-bond donors (Lipinski definition) is 2. The van der Waals surface area contributed by atoms with Crippen molar-refractivity contribution < 1.29 is 19.5 Å². The molecule has 2 heterocycles. The molecule has 30 heavy (non-hydrogen) atoms. The lowest BCUT2D eigenvalue weighted by Gasteiger charge is -2.36. The van der Waals surface area contributed by atoms with E-state index in [1.54, 1.807) is 24.3 Å². The number of aliphatic carboxylic acids is 1. The molecule has 2 fully saturated rings. The maximum atomic E-state index is 12.3. The Hall–Kier alpha value is -2.16. The first-order valence-corrected chi connectivity index (χ1v) is 10.8. The number of carboxylic acid groups (broad SMARTS) is 1. The minimum absolute atomic E-state index is 0.0916. The van der Waals surface area contributed by atoms with Crippen LogP contribution in [0.4, 0.5) is 5.69 Å². The van der Waals surface area contributed by atoms with Crippen LogP contribution in [-0.2, 0) is 14.4 Å². The monoisotopic (exact) mass is 436 g/mol. The predicted molar refractivity (Wildman–Crippen MR) is 115 cm³/mol. The summed E-state index contributed by atoms with van der Waals surface area (Å²) in [6.07, 6.45) is 2.08. The Bertz CT molecular complexity index is 744. The number of likely N-dealkylation sites (tertiary alicyclic amines) is 1. The summed E-state index contributed by atoms with van der Waals surface area (Å²) in [5.41, 5.74) is 0.588. The van der Waals surface area contributed by atoms with E-state index in [1.165, 1.54) is 0 Å². The highest BCUT2D eigenvalue weighted by Gasteiger charge is 2.28. The molecule has 0 aliphatic carbocycles. The predicted octanol–water partition coefficient (Wildman–Crippen LogP) is 1.61. The molecular weight excluding hydrogens is 408 g/mol. The van der Waals surface area contributed by atoms with Crippen LogP contribution in [0.1, 0.15) is 19.3 Å². The lowest BCUT2D eigenvalue weighted by atomic mass is 10.0. The van der Waals surface area contributed by atoms with E-state index in [0.717, 1.165) is 39.0 Å². The smallest absolute Gasteiger partial charge is 0.308 e. The van der Waals surface area contributed by atoms with Crippen molar-refractivity contribution in [3.05, 3.63) is 29.3 Å². The zero-order valence-corrected chi connectivity index (χ0v) is 17.8. The number of hydrogen-bond acceptors (Lipinski definition) is 5. The molecule has 0 bridgehead atoms. The summed E-state index contributed by atoms with van der Waals surface area (Å²) in [5.74, 6) is -1.91. The molecule has 1 aromatic carbocycles. The Morgan fingerprint density at radius 1 is 0.967 bits per heavy atom. The first-order chi connectivity index (χ1) is 14.4. The number of carbonyl (C=O) groups is 3. The van der Waals surface area contributed by atoms with Crippen molar-refractivity contribution in [1.29, 1.82) is 0 Å². The van der Waals surface area contributed by atoms with Crippen LogP contribution in [0.15, 0.2) is 24.3 Å². The fraction of sp³-hybridized carbons (Fsp3) is 0.571. The second kappa shape index (κ2) is 10.7. The first kappa shape index (κ1) is 22.5. The number of piperazine rings is 1. The fourth-order valence-electron chi connectivity index (χ4n) is 3.90. The Labute approximate surface area is 181 Å². The van der Waals surface area contributed by atoms with Crippen molar-refractivity contribution >= 4 is 35.1 Å². The number of amides is 2. The number of nitrogens with zero attached hydrogens (tertiary/aromatic N) is 3. The molecule has 2 saturated heterocycles. The molecule has 1 unspecified atom stereocenters. The van der Waals surface area contributed by atoms with Gasteiger partial charge in [-0.05, 0) is 37.1 Å². The lowest BCUT2D eigenvalue weighted by molar-refractivity contribution is -0.144. The molecule has 1 atom stereocenters. The van der Waals surface area contributed by atoms with Crippen molar-refractivity contribution in [1.82, 2.24) is 14.7 Å². The van der Waals surface area contributed by atoms with Gasteiger partial charge in [0.25, 0.3) is 0 Å². The topological polar surface area (TPSA) is 93.2 Å².